The molecule has 3 aromatic rings. The van der Waals surface area contributed by atoms with Crippen LogP contribution >= 0.6 is 0 Å². The number of carboxylic acid groups (broad SMARTS) is 2. The Bertz CT molecular complexity index is 1070. The SMILES string of the molecule is O=C(O)CCNC(=O)c1ccc(-c2noc(-c3ccc(O)c(C(=O)O)c3)n2)cc1. The third-order valence-electron chi connectivity index (χ3n) is 3.93. The van der Waals surface area contributed by atoms with Gasteiger partial charge in [-0.2, -0.15) is 4.98 Å². The molecule has 1 amide bonds. The van der Waals surface area contributed by atoms with Crippen molar-refractivity contribution in [2.45, 2.75) is 6.42 Å². The van der Waals surface area contributed by atoms with E-state index in [4.69, 9.17) is 14.7 Å². The van der Waals surface area contributed by atoms with Gasteiger partial charge in [-0.25, -0.2) is 4.79 Å². The van der Waals surface area contributed by atoms with Crippen LogP contribution in [0.15, 0.2) is 47.0 Å². The molecule has 3 rings (SSSR count). The number of nitrogens with one attached hydrogen (secondary N) is 1. The Labute approximate surface area is 163 Å². The first-order chi connectivity index (χ1) is 13.8. The summed E-state index contributed by atoms with van der Waals surface area (Å²) in [6.45, 7) is 0.0229. The lowest BCUT2D eigenvalue weighted by molar-refractivity contribution is -0.136. The molecule has 10 nitrogen and oxygen atoms in total. The normalized spacial score (nSPS) is 10.5. The molecule has 2 aromatic carbocycles. The van der Waals surface area contributed by atoms with Crippen LogP contribution in [0.3, 0.4) is 0 Å². The number of hydrogen-bond acceptors (Lipinski definition) is 7. The largest absolute Gasteiger partial charge is 0.507 e. The van der Waals surface area contributed by atoms with Crippen LogP contribution in [0.2, 0.25) is 0 Å². The van der Waals surface area contributed by atoms with Gasteiger partial charge in [0, 0.05) is 23.2 Å². The fraction of sp³-hybridized carbons (Fsp3) is 0.105. The van der Waals surface area contributed by atoms with E-state index in [1.807, 2.05) is 0 Å². The molecule has 1 heterocycles. The highest BCUT2D eigenvalue weighted by Gasteiger charge is 2.16. The van der Waals surface area contributed by atoms with Gasteiger partial charge in [0.1, 0.15) is 11.3 Å². The van der Waals surface area contributed by atoms with E-state index in [1.54, 1.807) is 12.1 Å². The molecular weight excluding hydrogens is 382 g/mol. The Morgan fingerprint density at radius 3 is 2.34 bits per heavy atom. The fourth-order valence-corrected chi connectivity index (χ4v) is 2.45. The number of aliphatic carboxylic acids is 1. The lowest BCUT2D eigenvalue weighted by Crippen LogP contribution is -2.25. The Kier molecular flexibility index (Phi) is 5.54. The van der Waals surface area contributed by atoms with Crippen molar-refractivity contribution < 1.29 is 34.2 Å². The number of benzene rings is 2. The maximum atomic E-state index is 12.0. The lowest BCUT2D eigenvalue weighted by Gasteiger charge is -2.03. The number of aromatic carboxylic acids is 1. The van der Waals surface area contributed by atoms with E-state index in [2.05, 4.69) is 15.5 Å². The first-order valence-electron chi connectivity index (χ1n) is 8.36. The molecule has 0 radical (unpaired) electrons. The molecule has 1 aromatic heterocycles. The summed E-state index contributed by atoms with van der Waals surface area (Å²) in [6.07, 6.45) is -0.170. The number of phenols is 1. The van der Waals surface area contributed by atoms with Crippen molar-refractivity contribution >= 4 is 17.8 Å². The standard InChI is InChI=1S/C19H15N3O7/c23-14-6-5-12(9-13(14)19(27)28)18-21-16(22-29-18)10-1-3-11(4-2-10)17(26)20-8-7-15(24)25/h1-6,9,23H,7-8H2,(H,20,26)(H,24,25)(H,27,28). The average molecular weight is 397 g/mol. The van der Waals surface area contributed by atoms with Gasteiger partial charge in [0.25, 0.3) is 11.8 Å². The van der Waals surface area contributed by atoms with Gasteiger partial charge in [-0.05, 0) is 30.3 Å². The minimum Gasteiger partial charge on any atom is -0.507 e. The molecule has 4 N–H and O–H groups in total. The first-order valence-corrected chi connectivity index (χ1v) is 8.36. The monoisotopic (exact) mass is 397 g/mol. The number of carboxylic acids is 2. The predicted molar refractivity (Wildman–Crippen MR) is 98.4 cm³/mol. The zero-order valence-corrected chi connectivity index (χ0v) is 14.8. The highest BCUT2D eigenvalue weighted by Crippen LogP contribution is 2.27. The Hall–Kier alpha value is -4.21. The number of nitrogens with zero attached hydrogens (tertiary/aromatic N) is 2. The van der Waals surface area contributed by atoms with Gasteiger partial charge < -0.3 is 25.2 Å². The summed E-state index contributed by atoms with van der Waals surface area (Å²) in [6, 6.07) is 10.2. The van der Waals surface area contributed by atoms with Gasteiger partial charge >= 0.3 is 11.9 Å². The van der Waals surface area contributed by atoms with Crippen LogP contribution in [-0.2, 0) is 4.79 Å². The van der Waals surface area contributed by atoms with E-state index in [1.165, 1.54) is 30.3 Å². The first kappa shape index (κ1) is 19.5. The summed E-state index contributed by atoms with van der Waals surface area (Å²) in [5.41, 5.74) is 0.931. The quantitative estimate of drug-likeness (QED) is 0.467. The Morgan fingerprint density at radius 2 is 1.69 bits per heavy atom. The van der Waals surface area contributed by atoms with E-state index < -0.39 is 17.8 Å². The van der Waals surface area contributed by atoms with Crippen molar-refractivity contribution in [3.8, 4) is 28.6 Å². The Morgan fingerprint density at radius 1 is 1.00 bits per heavy atom. The van der Waals surface area contributed by atoms with Crippen molar-refractivity contribution in [1.29, 1.82) is 0 Å². The molecule has 0 aliphatic rings. The predicted octanol–water partition coefficient (Wildman–Crippen LogP) is 2.01. The molecule has 10 heteroatoms. The minimum absolute atomic E-state index is 0.0229. The third kappa shape index (κ3) is 4.56. The number of hydrogen-bond donors (Lipinski definition) is 4. The van der Waals surface area contributed by atoms with Crippen molar-refractivity contribution in [1.82, 2.24) is 15.5 Å². The molecule has 0 aliphatic carbocycles. The average Bonchev–Trinajstić information content (AvgIpc) is 3.18. The van der Waals surface area contributed by atoms with Crippen LogP contribution in [0.4, 0.5) is 0 Å². The summed E-state index contributed by atoms with van der Waals surface area (Å²) in [5.74, 6) is -2.78. The van der Waals surface area contributed by atoms with Crippen LogP contribution in [0.25, 0.3) is 22.8 Å². The van der Waals surface area contributed by atoms with Gasteiger partial charge in [0.15, 0.2) is 0 Å². The highest BCUT2D eigenvalue weighted by molar-refractivity contribution is 5.94. The van der Waals surface area contributed by atoms with E-state index in [0.717, 1.165) is 0 Å². The summed E-state index contributed by atoms with van der Waals surface area (Å²) in [5, 5.41) is 33.6. The molecular formula is C19H15N3O7. The van der Waals surface area contributed by atoms with Crippen LogP contribution in [0, 0.1) is 0 Å². The van der Waals surface area contributed by atoms with Crippen molar-refractivity contribution in [2.24, 2.45) is 0 Å². The lowest BCUT2D eigenvalue weighted by atomic mass is 10.1. The number of amides is 1. The van der Waals surface area contributed by atoms with Gasteiger partial charge in [-0.3, -0.25) is 9.59 Å². The molecule has 0 unspecified atom stereocenters. The van der Waals surface area contributed by atoms with E-state index in [0.29, 0.717) is 16.7 Å². The molecule has 0 aliphatic heterocycles. The van der Waals surface area contributed by atoms with Gasteiger partial charge in [-0.15, -0.1) is 0 Å². The van der Waals surface area contributed by atoms with Crippen molar-refractivity contribution in [2.75, 3.05) is 6.54 Å². The second-order valence-electron chi connectivity index (χ2n) is 5.94. The zero-order chi connectivity index (χ0) is 21.0. The smallest absolute Gasteiger partial charge is 0.339 e. The van der Waals surface area contributed by atoms with Crippen molar-refractivity contribution in [3.63, 3.8) is 0 Å². The molecule has 148 valence electrons. The second kappa shape index (κ2) is 8.21. The summed E-state index contributed by atoms with van der Waals surface area (Å²) in [7, 11) is 0. The molecule has 0 saturated heterocycles. The fourth-order valence-electron chi connectivity index (χ4n) is 2.45. The number of aromatic nitrogens is 2. The molecule has 0 fully saturated rings. The highest BCUT2D eigenvalue weighted by atomic mass is 16.5. The molecule has 0 atom stereocenters. The van der Waals surface area contributed by atoms with Gasteiger partial charge in [0.05, 0.1) is 6.42 Å². The minimum atomic E-state index is -1.29. The maximum Gasteiger partial charge on any atom is 0.339 e. The van der Waals surface area contributed by atoms with E-state index in [-0.39, 0.29) is 36.0 Å². The summed E-state index contributed by atoms with van der Waals surface area (Å²) >= 11 is 0. The third-order valence-corrected chi connectivity index (χ3v) is 3.93. The Balaban J connectivity index is 1.75. The topological polar surface area (TPSA) is 163 Å². The molecule has 0 saturated carbocycles. The second-order valence-corrected chi connectivity index (χ2v) is 5.94. The number of carbonyl (C=O) groups is 3. The van der Waals surface area contributed by atoms with Crippen LogP contribution < -0.4 is 5.32 Å². The van der Waals surface area contributed by atoms with Gasteiger partial charge in [0.2, 0.25) is 5.82 Å². The van der Waals surface area contributed by atoms with Crippen LogP contribution in [0.1, 0.15) is 27.1 Å². The molecule has 0 bridgehead atoms. The maximum absolute atomic E-state index is 12.0. The molecule has 29 heavy (non-hydrogen) atoms. The summed E-state index contributed by atoms with van der Waals surface area (Å²) < 4.78 is 5.16. The van der Waals surface area contributed by atoms with E-state index in [9.17, 15) is 19.5 Å². The van der Waals surface area contributed by atoms with Gasteiger partial charge in [-0.1, -0.05) is 17.3 Å². The zero-order valence-electron chi connectivity index (χ0n) is 14.8. The van der Waals surface area contributed by atoms with E-state index >= 15 is 0 Å². The van der Waals surface area contributed by atoms with Crippen LogP contribution in [-0.4, -0.2) is 49.9 Å². The number of aromatic hydroxyl groups is 1. The number of rotatable bonds is 7. The number of carbonyl (C=O) groups excluding carboxylic acids is 1. The summed E-state index contributed by atoms with van der Waals surface area (Å²) in [4.78, 5) is 37.8. The molecule has 0 spiro atoms. The van der Waals surface area contributed by atoms with Crippen molar-refractivity contribution in [3.05, 3.63) is 53.6 Å². The van der Waals surface area contributed by atoms with Crippen LogP contribution in [0.5, 0.6) is 5.75 Å².